The van der Waals surface area contributed by atoms with Crippen molar-refractivity contribution in [3.8, 4) is 33.8 Å². The molecule has 8 heteroatoms. The van der Waals surface area contributed by atoms with Gasteiger partial charge in [0.25, 0.3) is 0 Å². The summed E-state index contributed by atoms with van der Waals surface area (Å²) >= 11 is 0. The SMILES string of the molecule is CCCCc1c(C(C)(C)C)cc(CCC)c(-c2ccccc2C(=O)O)c1-c1ccccc1C(=O)O.CCCc1cc(C(C)(C)C)c(C(C)C)c(OC(=O)c2ccccc2)c1OC(=O)c1ccccc1. The Kier molecular flexibility index (Phi) is 18.1. The maximum absolute atomic E-state index is 13.2. The smallest absolute Gasteiger partial charge is 0.343 e. The number of benzene rings is 6. The fourth-order valence-electron chi connectivity index (χ4n) is 8.93. The molecule has 0 amide bonds. The molecule has 0 unspecified atom stereocenters. The van der Waals surface area contributed by atoms with E-state index in [1.165, 1.54) is 5.56 Å². The number of hydrogen-bond donors (Lipinski definition) is 2. The van der Waals surface area contributed by atoms with Crippen molar-refractivity contribution in [1.29, 1.82) is 0 Å². The number of hydrogen-bond acceptors (Lipinski definition) is 6. The second kappa shape index (κ2) is 23.5. The number of aryl methyl sites for hydroxylation is 2. The second-order valence-corrected chi connectivity index (χ2v) is 19.9. The molecule has 0 radical (unpaired) electrons. The number of rotatable bonds is 16. The molecule has 0 aliphatic carbocycles. The normalized spacial score (nSPS) is 11.4. The molecule has 6 rings (SSSR count). The van der Waals surface area contributed by atoms with Gasteiger partial charge in [0.15, 0.2) is 11.5 Å². The van der Waals surface area contributed by atoms with Crippen LogP contribution in [0.15, 0.2) is 121 Å². The van der Waals surface area contributed by atoms with Crippen LogP contribution in [0.1, 0.15) is 183 Å². The number of carbonyl (C=O) groups is 4. The molecule has 362 valence electrons. The maximum atomic E-state index is 13.2. The lowest BCUT2D eigenvalue weighted by Gasteiger charge is -2.30. The molecule has 0 heterocycles. The first kappa shape index (κ1) is 53.2. The number of carboxylic acid groups (broad SMARTS) is 2. The molecule has 0 saturated heterocycles. The Hall–Kier alpha value is -6.80. The number of esters is 2. The number of unbranched alkanes of at least 4 members (excludes halogenated alkanes) is 1. The Bertz CT molecular complexity index is 2750. The van der Waals surface area contributed by atoms with Crippen LogP contribution in [-0.2, 0) is 30.1 Å². The molecule has 6 aromatic rings. The molecule has 0 atom stereocenters. The van der Waals surface area contributed by atoms with Gasteiger partial charge in [-0.2, -0.15) is 0 Å². The number of ether oxygens (including phenoxy) is 2. The van der Waals surface area contributed by atoms with E-state index in [2.05, 4.69) is 88.3 Å². The summed E-state index contributed by atoms with van der Waals surface area (Å²) in [6, 6.07) is 36.3. The zero-order valence-electron chi connectivity index (χ0n) is 42.4. The van der Waals surface area contributed by atoms with E-state index in [0.717, 1.165) is 77.5 Å². The third-order valence-corrected chi connectivity index (χ3v) is 12.1. The molecule has 0 spiro atoms. The van der Waals surface area contributed by atoms with Crippen LogP contribution in [0, 0.1) is 0 Å². The van der Waals surface area contributed by atoms with Crippen molar-refractivity contribution < 1.29 is 38.9 Å². The van der Waals surface area contributed by atoms with Crippen LogP contribution < -0.4 is 9.47 Å². The highest BCUT2D eigenvalue weighted by molar-refractivity contribution is 6.04. The van der Waals surface area contributed by atoms with Gasteiger partial charge in [-0.3, -0.25) is 0 Å². The van der Waals surface area contributed by atoms with Crippen molar-refractivity contribution >= 4 is 23.9 Å². The second-order valence-electron chi connectivity index (χ2n) is 19.9. The molecule has 0 bridgehead atoms. The molecule has 0 aromatic heterocycles. The Morgan fingerprint density at radius 2 is 0.928 bits per heavy atom. The van der Waals surface area contributed by atoms with Crippen molar-refractivity contribution in [2.24, 2.45) is 0 Å². The molecule has 2 N–H and O–H groups in total. The van der Waals surface area contributed by atoms with E-state index >= 15 is 0 Å². The highest BCUT2D eigenvalue weighted by Gasteiger charge is 2.32. The highest BCUT2D eigenvalue weighted by Crippen LogP contribution is 2.48. The van der Waals surface area contributed by atoms with Crippen LogP contribution in [0.3, 0.4) is 0 Å². The third kappa shape index (κ3) is 12.8. The summed E-state index contributed by atoms with van der Waals surface area (Å²) in [4.78, 5) is 50.9. The van der Waals surface area contributed by atoms with Crippen LogP contribution in [0.25, 0.3) is 22.3 Å². The summed E-state index contributed by atoms with van der Waals surface area (Å²) in [6.07, 6.45) is 5.95. The minimum absolute atomic E-state index is 0.0395. The van der Waals surface area contributed by atoms with E-state index in [0.29, 0.717) is 40.2 Å². The summed E-state index contributed by atoms with van der Waals surface area (Å²) in [6.45, 7) is 23.4. The predicted octanol–water partition coefficient (Wildman–Crippen LogP) is 15.5. The van der Waals surface area contributed by atoms with Crippen LogP contribution in [0.2, 0.25) is 0 Å². The highest BCUT2D eigenvalue weighted by atomic mass is 16.6. The average Bonchev–Trinajstić information content (AvgIpc) is 3.31. The van der Waals surface area contributed by atoms with E-state index in [1.807, 2.05) is 36.4 Å². The van der Waals surface area contributed by atoms with E-state index in [9.17, 15) is 29.4 Å². The average molecular weight is 931 g/mol. The van der Waals surface area contributed by atoms with Crippen molar-refractivity contribution in [2.75, 3.05) is 0 Å². The number of carboxylic acids is 2. The first-order valence-corrected chi connectivity index (χ1v) is 24.3. The molecule has 69 heavy (non-hydrogen) atoms. The molecule has 8 nitrogen and oxygen atoms in total. The van der Waals surface area contributed by atoms with Crippen LogP contribution >= 0.6 is 0 Å². The van der Waals surface area contributed by atoms with Crippen molar-refractivity contribution in [3.05, 3.63) is 177 Å². The molecule has 0 aliphatic heterocycles. The largest absolute Gasteiger partial charge is 0.478 e. The summed E-state index contributed by atoms with van der Waals surface area (Å²) in [5.74, 6) is -2.23. The minimum Gasteiger partial charge on any atom is -0.478 e. The first-order chi connectivity index (χ1) is 32.7. The first-order valence-electron chi connectivity index (χ1n) is 24.3. The topological polar surface area (TPSA) is 127 Å². The zero-order valence-corrected chi connectivity index (χ0v) is 42.4. The lowest BCUT2D eigenvalue weighted by Crippen LogP contribution is -2.21. The van der Waals surface area contributed by atoms with Gasteiger partial charge in [0.05, 0.1) is 22.3 Å². The van der Waals surface area contributed by atoms with Crippen LogP contribution in [0.4, 0.5) is 0 Å². The third-order valence-electron chi connectivity index (χ3n) is 12.1. The molecule has 0 fully saturated rings. The monoisotopic (exact) mass is 931 g/mol. The molecule has 6 aromatic carbocycles. The van der Waals surface area contributed by atoms with Gasteiger partial charge in [-0.25, -0.2) is 19.2 Å². The van der Waals surface area contributed by atoms with Crippen LogP contribution in [0.5, 0.6) is 11.5 Å². The zero-order chi connectivity index (χ0) is 50.6. The summed E-state index contributed by atoms with van der Waals surface area (Å²) < 4.78 is 12.1. The minimum atomic E-state index is -0.990. The van der Waals surface area contributed by atoms with Gasteiger partial charge in [0.1, 0.15) is 0 Å². The van der Waals surface area contributed by atoms with Crippen molar-refractivity contribution in [2.45, 2.75) is 138 Å². The van der Waals surface area contributed by atoms with Gasteiger partial charge in [0, 0.05) is 5.56 Å². The molecular formula is C61H70O8. The summed E-state index contributed by atoms with van der Waals surface area (Å²) in [5.41, 5.74) is 10.2. The summed E-state index contributed by atoms with van der Waals surface area (Å²) in [5, 5.41) is 20.2. The lowest BCUT2D eigenvalue weighted by molar-refractivity contribution is 0.0678. The number of aromatic carboxylic acids is 2. The molecule has 0 saturated carbocycles. The van der Waals surface area contributed by atoms with Gasteiger partial charge in [0.2, 0.25) is 0 Å². The van der Waals surface area contributed by atoms with Gasteiger partial charge in [-0.05, 0) is 129 Å². The van der Waals surface area contributed by atoms with Gasteiger partial charge in [-0.1, -0.05) is 180 Å². The quantitative estimate of drug-likeness (QED) is 0.0726. The maximum Gasteiger partial charge on any atom is 0.343 e. The Morgan fingerprint density at radius 1 is 0.507 bits per heavy atom. The Balaban J connectivity index is 0.000000258. The Morgan fingerprint density at radius 3 is 1.36 bits per heavy atom. The number of carbonyl (C=O) groups excluding carboxylic acids is 2. The van der Waals surface area contributed by atoms with Crippen molar-refractivity contribution in [1.82, 2.24) is 0 Å². The lowest BCUT2D eigenvalue weighted by atomic mass is 9.74. The predicted molar refractivity (Wildman–Crippen MR) is 279 cm³/mol. The van der Waals surface area contributed by atoms with Crippen LogP contribution in [-0.4, -0.2) is 34.1 Å². The van der Waals surface area contributed by atoms with Gasteiger partial charge in [-0.15, -0.1) is 0 Å². The fourth-order valence-corrected chi connectivity index (χ4v) is 8.93. The molecular weight excluding hydrogens is 861 g/mol. The van der Waals surface area contributed by atoms with Gasteiger partial charge >= 0.3 is 23.9 Å². The summed E-state index contributed by atoms with van der Waals surface area (Å²) in [7, 11) is 0. The van der Waals surface area contributed by atoms with E-state index < -0.39 is 23.9 Å². The van der Waals surface area contributed by atoms with E-state index in [-0.39, 0.29) is 27.9 Å². The Labute approximate surface area is 409 Å². The fraction of sp³-hybridized carbons (Fsp3) is 0.344. The molecule has 0 aliphatic rings. The van der Waals surface area contributed by atoms with E-state index in [1.54, 1.807) is 72.8 Å². The van der Waals surface area contributed by atoms with Gasteiger partial charge < -0.3 is 19.7 Å². The van der Waals surface area contributed by atoms with E-state index in [4.69, 9.17) is 9.47 Å². The standard InChI is InChI=1S/C31H36O4.C30H34O4/c1-6-8-14-25-26(31(3,4)5)19-20(13-7-2)27(21-15-9-11-17-23(21)29(32)33)28(25)22-16-10-12-18-24(22)30(34)35;1-7-14-23-19-24(30(4,5)6)25(20(2)3)27(34-29(32)22-17-12-9-13-18-22)26(23)33-28(31)21-15-10-8-11-16-21/h9-12,15-19H,6-8,13-14H2,1-5H3,(H,32,33)(H,34,35);8-13,15-20H,7,14H2,1-6H3. The van der Waals surface area contributed by atoms with Crippen molar-refractivity contribution in [3.63, 3.8) is 0 Å².